The third kappa shape index (κ3) is 4.20. The van der Waals surface area contributed by atoms with Crippen LogP contribution in [0.3, 0.4) is 0 Å². The Morgan fingerprint density at radius 3 is 2.62 bits per heavy atom. The van der Waals surface area contributed by atoms with Crippen molar-refractivity contribution in [2.24, 2.45) is 0 Å². The first-order valence-electron chi connectivity index (χ1n) is 7.19. The molecule has 0 aliphatic rings. The van der Waals surface area contributed by atoms with Crippen LogP contribution < -0.4 is 10.6 Å². The summed E-state index contributed by atoms with van der Waals surface area (Å²) in [5.74, 6) is 0.717. The molecular weight excluding hydrogens is 264 g/mol. The molecule has 1 heterocycles. The van der Waals surface area contributed by atoms with Crippen LogP contribution in [-0.4, -0.2) is 11.9 Å². The van der Waals surface area contributed by atoms with Gasteiger partial charge in [-0.3, -0.25) is 10.1 Å². The van der Waals surface area contributed by atoms with E-state index in [4.69, 9.17) is 4.42 Å². The van der Waals surface area contributed by atoms with Crippen LogP contribution in [-0.2, 0) is 11.3 Å². The molecule has 0 bridgehead atoms. The van der Waals surface area contributed by atoms with Crippen LogP contribution in [0.25, 0.3) is 0 Å². The minimum absolute atomic E-state index is 0.0353. The third-order valence-electron chi connectivity index (χ3n) is 3.57. The number of nitrogens with one attached hydrogen (secondary N) is 2. The van der Waals surface area contributed by atoms with Gasteiger partial charge in [0.2, 0.25) is 5.91 Å². The highest BCUT2D eigenvalue weighted by atomic mass is 16.3. The molecule has 0 fully saturated rings. The first-order chi connectivity index (χ1) is 10.1. The van der Waals surface area contributed by atoms with Crippen molar-refractivity contribution in [1.82, 2.24) is 10.6 Å². The molecule has 21 heavy (non-hydrogen) atoms. The molecule has 0 saturated carbocycles. The predicted octanol–water partition coefficient (Wildman–Crippen LogP) is 2.94. The minimum atomic E-state index is -0.269. The molecule has 2 N–H and O–H groups in total. The SMILES string of the molecule is Cc1ccccc1[C@@H](C)NC(C)C(=O)NCc1ccco1. The van der Waals surface area contributed by atoms with Crippen LogP contribution in [0.2, 0.25) is 0 Å². The Hall–Kier alpha value is -2.07. The fourth-order valence-electron chi connectivity index (χ4n) is 2.35. The summed E-state index contributed by atoms with van der Waals surface area (Å²) >= 11 is 0. The van der Waals surface area contributed by atoms with Crippen LogP contribution in [0.5, 0.6) is 0 Å². The normalized spacial score (nSPS) is 13.7. The summed E-state index contributed by atoms with van der Waals surface area (Å²) in [4.78, 5) is 12.1. The summed E-state index contributed by atoms with van der Waals surface area (Å²) in [6, 6.07) is 11.7. The number of hydrogen-bond donors (Lipinski definition) is 2. The molecule has 0 radical (unpaired) electrons. The number of carbonyl (C=O) groups is 1. The van der Waals surface area contributed by atoms with E-state index >= 15 is 0 Å². The van der Waals surface area contributed by atoms with E-state index in [2.05, 4.69) is 36.6 Å². The summed E-state index contributed by atoms with van der Waals surface area (Å²) < 4.78 is 5.19. The highest BCUT2D eigenvalue weighted by Crippen LogP contribution is 2.17. The van der Waals surface area contributed by atoms with Crippen molar-refractivity contribution in [2.45, 2.75) is 39.4 Å². The Morgan fingerprint density at radius 1 is 1.19 bits per heavy atom. The smallest absolute Gasteiger partial charge is 0.237 e. The van der Waals surface area contributed by atoms with Crippen molar-refractivity contribution >= 4 is 5.91 Å². The molecule has 4 nitrogen and oxygen atoms in total. The van der Waals surface area contributed by atoms with E-state index in [-0.39, 0.29) is 18.0 Å². The van der Waals surface area contributed by atoms with Gasteiger partial charge in [0.05, 0.1) is 18.8 Å². The maximum atomic E-state index is 12.1. The van der Waals surface area contributed by atoms with E-state index in [0.29, 0.717) is 6.54 Å². The summed E-state index contributed by atoms with van der Waals surface area (Å²) in [7, 11) is 0. The van der Waals surface area contributed by atoms with Crippen LogP contribution in [0.1, 0.15) is 36.8 Å². The number of benzene rings is 1. The van der Waals surface area contributed by atoms with Crippen LogP contribution in [0.4, 0.5) is 0 Å². The number of aryl methyl sites for hydroxylation is 1. The van der Waals surface area contributed by atoms with Crippen LogP contribution in [0, 0.1) is 6.92 Å². The lowest BCUT2D eigenvalue weighted by atomic mass is 10.0. The van der Waals surface area contributed by atoms with Crippen LogP contribution in [0.15, 0.2) is 47.1 Å². The van der Waals surface area contributed by atoms with E-state index in [1.807, 2.05) is 31.2 Å². The minimum Gasteiger partial charge on any atom is -0.467 e. The first-order valence-corrected chi connectivity index (χ1v) is 7.19. The second kappa shape index (κ2) is 7.09. The van der Waals surface area contributed by atoms with Gasteiger partial charge in [0.1, 0.15) is 5.76 Å². The molecule has 0 saturated heterocycles. The molecule has 0 aliphatic heterocycles. The van der Waals surface area contributed by atoms with Gasteiger partial charge in [-0.1, -0.05) is 24.3 Å². The molecular formula is C17H22N2O2. The Kier molecular flexibility index (Phi) is 5.17. The lowest BCUT2D eigenvalue weighted by Crippen LogP contribution is -2.42. The van der Waals surface area contributed by atoms with Gasteiger partial charge in [0.25, 0.3) is 0 Å². The molecule has 1 unspecified atom stereocenters. The molecule has 1 aromatic carbocycles. The third-order valence-corrected chi connectivity index (χ3v) is 3.57. The Bertz CT molecular complexity index is 578. The number of amides is 1. The lowest BCUT2D eigenvalue weighted by Gasteiger charge is -2.21. The van der Waals surface area contributed by atoms with E-state index < -0.39 is 0 Å². The van der Waals surface area contributed by atoms with Crippen LogP contribution >= 0.6 is 0 Å². The van der Waals surface area contributed by atoms with Crippen molar-refractivity contribution in [3.05, 3.63) is 59.5 Å². The molecule has 4 heteroatoms. The molecule has 112 valence electrons. The fraction of sp³-hybridized carbons (Fsp3) is 0.353. The maximum Gasteiger partial charge on any atom is 0.237 e. The molecule has 0 aliphatic carbocycles. The zero-order valence-corrected chi connectivity index (χ0v) is 12.7. The molecule has 2 rings (SSSR count). The van der Waals surface area contributed by atoms with E-state index in [1.54, 1.807) is 6.26 Å². The average Bonchev–Trinajstić information content (AvgIpc) is 2.98. The van der Waals surface area contributed by atoms with Gasteiger partial charge in [-0.15, -0.1) is 0 Å². The number of hydrogen-bond acceptors (Lipinski definition) is 3. The Balaban J connectivity index is 1.87. The van der Waals surface area contributed by atoms with Crippen molar-refractivity contribution in [3.63, 3.8) is 0 Å². The topological polar surface area (TPSA) is 54.3 Å². The standard InChI is InChI=1S/C17H22N2O2/c1-12-7-4-5-9-16(12)13(2)19-14(3)17(20)18-11-15-8-6-10-21-15/h4-10,13-14,19H,11H2,1-3H3,(H,18,20)/t13-,14?/m1/s1. The van der Waals surface area contributed by atoms with Gasteiger partial charge < -0.3 is 9.73 Å². The lowest BCUT2D eigenvalue weighted by molar-refractivity contribution is -0.123. The van der Waals surface area contributed by atoms with Gasteiger partial charge >= 0.3 is 0 Å². The zero-order chi connectivity index (χ0) is 15.2. The van der Waals surface area contributed by atoms with Crippen molar-refractivity contribution in [3.8, 4) is 0 Å². The number of rotatable bonds is 6. The zero-order valence-electron chi connectivity index (χ0n) is 12.7. The van der Waals surface area contributed by atoms with Gasteiger partial charge in [0.15, 0.2) is 0 Å². The van der Waals surface area contributed by atoms with Crippen molar-refractivity contribution in [2.75, 3.05) is 0 Å². The average molecular weight is 286 g/mol. The van der Waals surface area contributed by atoms with Gasteiger partial charge in [-0.05, 0) is 44.0 Å². The van der Waals surface area contributed by atoms with Crippen molar-refractivity contribution < 1.29 is 9.21 Å². The molecule has 2 atom stereocenters. The van der Waals surface area contributed by atoms with E-state index in [9.17, 15) is 4.79 Å². The first kappa shape index (κ1) is 15.3. The molecule has 1 amide bonds. The molecule has 1 aromatic heterocycles. The summed E-state index contributed by atoms with van der Waals surface area (Å²) in [6.45, 7) is 6.43. The van der Waals surface area contributed by atoms with E-state index in [0.717, 1.165) is 5.76 Å². The van der Waals surface area contributed by atoms with Gasteiger partial charge in [-0.2, -0.15) is 0 Å². The number of furan rings is 1. The highest BCUT2D eigenvalue weighted by molar-refractivity contribution is 5.81. The summed E-state index contributed by atoms with van der Waals surface area (Å²) in [5, 5.41) is 6.19. The molecule has 2 aromatic rings. The van der Waals surface area contributed by atoms with Gasteiger partial charge in [0, 0.05) is 6.04 Å². The second-order valence-corrected chi connectivity index (χ2v) is 5.26. The number of carbonyl (C=O) groups excluding carboxylic acids is 1. The Morgan fingerprint density at radius 2 is 1.95 bits per heavy atom. The quantitative estimate of drug-likeness (QED) is 0.858. The fourth-order valence-corrected chi connectivity index (χ4v) is 2.35. The monoisotopic (exact) mass is 286 g/mol. The summed E-state index contributed by atoms with van der Waals surface area (Å²) in [5.41, 5.74) is 2.43. The second-order valence-electron chi connectivity index (χ2n) is 5.26. The molecule has 0 spiro atoms. The van der Waals surface area contributed by atoms with Crippen molar-refractivity contribution in [1.29, 1.82) is 0 Å². The predicted molar refractivity (Wildman–Crippen MR) is 82.7 cm³/mol. The van der Waals surface area contributed by atoms with Gasteiger partial charge in [-0.25, -0.2) is 0 Å². The largest absolute Gasteiger partial charge is 0.467 e. The Labute approximate surface area is 125 Å². The summed E-state index contributed by atoms with van der Waals surface area (Å²) in [6.07, 6.45) is 1.60. The van der Waals surface area contributed by atoms with E-state index in [1.165, 1.54) is 11.1 Å². The highest BCUT2D eigenvalue weighted by Gasteiger charge is 2.17. The maximum absolute atomic E-state index is 12.1.